The van der Waals surface area contributed by atoms with E-state index >= 15 is 0 Å². The molecule has 2 nitrogen and oxygen atoms in total. The number of rotatable bonds is 2. The van der Waals surface area contributed by atoms with Crippen molar-refractivity contribution < 1.29 is 9.50 Å². The third-order valence-electron chi connectivity index (χ3n) is 3.17. The highest BCUT2D eigenvalue weighted by Crippen LogP contribution is 2.26. The molecule has 0 radical (unpaired) electrons. The van der Waals surface area contributed by atoms with Gasteiger partial charge in [-0.1, -0.05) is 0 Å². The number of alkyl halides is 1. The molecule has 0 spiro atoms. The van der Waals surface area contributed by atoms with Crippen LogP contribution in [0.4, 0.5) is 4.39 Å². The molecule has 0 unspecified atom stereocenters. The SMILES string of the molecule is CC(C)(C)N1CCC([C@H](F)CO)CC1. The summed E-state index contributed by atoms with van der Waals surface area (Å²) in [5.74, 6) is 0.0681. The molecular formula is C11H22FNO. The summed E-state index contributed by atoms with van der Waals surface area (Å²) in [5, 5.41) is 8.72. The monoisotopic (exact) mass is 203 g/mol. The van der Waals surface area contributed by atoms with Crippen molar-refractivity contribution in [3.05, 3.63) is 0 Å². The molecule has 3 heteroatoms. The zero-order chi connectivity index (χ0) is 10.8. The number of hydrogen-bond donors (Lipinski definition) is 1. The summed E-state index contributed by atoms with van der Waals surface area (Å²) in [6, 6.07) is 0. The highest BCUT2D eigenvalue weighted by molar-refractivity contribution is 4.83. The fourth-order valence-corrected chi connectivity index (χ4v) is 2.08. The summed E-state index contributed by atoms with van der Waals surface area (Å²) in [6.07, 6.45) is 0.731. The Bertz CT molecular complexity index is 171. The Labute approximate surface area is 86.1 Å². The topological polar surface area (TPSA) is 23.5 Å². The van der Waals surface area contributed by atoms with Gasteiger partial charge in [0.25, 0.3) is 0 Å². The molecule has 1 saturated heterocycles. The van der Waals surface area contributed by atoms with Gasteiger partial charge in [0.05, 0.1) is 6.61 Å². The zero-order valence-electron chi connectivity index (χ0n) is 9.46. The van der Waals surface area contributed by atoms with Crippen molar-refractivity contribution in [3.8, 4) is 0 Å². The Kier molecular flexibility index (Phi) is 3.90. The maximum atomic E-state index is 13.2. The molecule has 0 amide bonds. The van der Waals surface area contributed by atoms with Crippen molar-refractivity contribution in [1.82, 2.24) is 4.90 Å². The van der Waals surface area contributed by atoms with Crippen LogP contribution in [0.1, 0.15) is 33.6 Å². The van der Waals surface area contributed by atoms with E-state index in [0.29, 0.717) is 0 Å². The molecule has 1 atom stereocenters. The summed E-state index contributed by atoms with van der Waals surface area (Å²) in [7, 11) is 0. The van der Waals surface area contributed by atoms with Gasteiger partial charge in [-0.05, 0) is 52.6 Å². The van der Waals surface area contributed by atoms with E-state index in [4.69, 9.17) is 5.11 Å². The van der Waals surface area contributed by atoms with E-state index in [1.54, 1.807) is 0 Å². The second-order valence-electron chi connectivity index (χ2n) is 5.19. The van der Waals surface area contributed by atoms with Crippen molar-refractivity contribution in [2.24, 2.45) is 5.92 Å². The molecule has 84 valence electrons. The second kappa shape index (κ2) is 4.58. The lowest BCUT2D eigenvalue weighted by atomic mass is 9.90. The first-order valence-electron chi connectivity index (χ1n) is 5.45. The van der Waals surface area contributed by atoms with Gasteiger partial charge in [0.1, 0.15) is 6.17 Å². The van der Waals surface area contributed by atoms with E-state index in [9.17, 15) is 4.39 Å². The van der Waals surface area contributed by atoms with E-state index in [2.05, 4.69) is 25.7 Å². The van der Waals surface area contributed by atoms with Crippen LogP contribution in [0.15, 0.2) is 0 Å². The Morgan fingerprint density at radius 3 is 2.21 bits per heavy atom. The first kappa shape index (κ1) is 11.9. The average molecular weight is 203 g/mol. The lowest BCUT2D eigenvalue weighted by Crippen LogP contribution is -2.47. The Morgan fingerprint density at radius 2 is 1.86 bits per heavy atom. The summed E-state index contributed by atoms with van der Waals surface area (Å²) >= 11 is 0. The minimum absolute atomic E-state index is 0.0681. The number of hydrogen-bond acceptors (Lipinski definition) is 2. The zero-order valence-corrected chi connectivity index (χ0v) is 9.46. The maximum Gasteiger partial charge on any atom is 0.126 e. The molecular weight excluding hydrogens is 181 g/mol. The molecule has 1 N–H and O–H groups in total. The van der Waals surface area contributed by atoms with Crippen LogP contribution in [0.25, 0.3) is 0 Å². The van der Waals surface area contributed by atoms with E-state index in [1.165, 1.54) is 0 Å². The molecule has 0 aromatic carbocycles. The van der Waals surface area contributed by atoms with Gasteiger partial charge in [0.15, 0.2) is 0 Å². The Morgan fingerprint density at radius 1 is 1.36 bits per heavy atom. The normalized spacial score (nSPS) is 23.8. The lowest BCUT2D eigenvalue weighted by molar-refractivity contribution is 0.0417. The highest BCUT2D eigenvalue weighted by atomic mass is 19.1. The van der Waals surface area contributed by atoms with Crippen molar-refractivity contribution in [3.63, 3.8) is 0 Å². The molecule has 1 rings (SSSR count). The van der Waals surface area contributed by atoms with Gasteiger partial charge in [0, 0.05) is 5.54 Å². The Hall–Kier alpha value is -0.150. The summed E-state index contributed by atoms with van der Waals surface area (Å²) in [6.45, 7) is 8.15. The number of likely N-dealkylation sites (tertiary alicyclic amines) is 1. The maximum absolute atomic E-state index is 13.2. The van der Waals surface area contributed by atoms with E-state index in [-0.39, 0.29) is 18.1 Å². The number of piperidine rings is 1. The summed E-state index contributed by atoms with van der Waals surface area (Å²) < 4.78 is 13.2. The standard InChI is InChI=1S/C11H22FNO/c1-11(2,3)13-6-4-9(5-7-13)10(12)8-14/h9-10,14H,4-8H2,1-3H3/t10-/m1/s1. The van der Waals surface area contributed by atoms with Gasteiger partial charge >= 0.3 is 0 Å². The lowest BCUT2D eigenvalue weighted by Gasteiger charge is -2.41. The van der Waals surface area contributed by atoms with Crippen LogP contribution in [-0.4, -0.2) is 41.4 Å². The fourth-order valence-electron chi connectivity index (χ4n) is 2.08. The molecule has 0 aromatic rings. The number of halogens is 1. The second-order valence-corrected chi connectivity index (χ2v) is 5.19. The molecule has 1 heterocycles. The van der Waals surface area contributed by atoms with Crippen LogP contribution in [0.2, 0.25) is 0 Å². The third-order valence-corrected chi connectivity index (χ3v) is 3.17. The number of aliphatic hydroxyl groups is 1. The molecule has 0 aromatic heterocycles. The first-order valence-corrected chi connectivity index (χ1v) is 5.45. The third kappa shape index (κ3) is 2.92. The molecule has 0 aliphatic carbocycles. The first-order chi connectivity index (χ1) is 6.45. The van der Waals surface area contributed by atoms with Crippen LogP contribution < -0.4 is 0 Å². The van der Waals surface area contributed by atoms with Gasteiger partial charge < -0.3 is 5.11 Å². The van der Waals surface area contributed by atoms with Crippen LogP contribution in [0.5, 0.6) is 0 Å². The summed E-state index contributed by atoms with van der Waals surface area (Å²) in [5.41, 5.74) is 0.190. The molecule has 0 bridgehead atoms. The predicted octanol–water partition coefficient (Wildman–Crippen LogP) is 1.83. The van der Waals surface area contributed by atoms with Crippen molar-refractivity contribution in [2.45, 2.75) is 45.3 Å². The molecule has 14 heavy (non-hydrogen) atoms. The highest BCUT2D eigenvalue weighted by Gasteiger charge is 2.30. The van der Waals surface area contributed by atoms with Gasteiger partial charge in [-0.15, -0.1) is 0 Å². The van der Waals surface area contributed by atoms with Crippen LogP contribution >= 0.6 is 0 Å². The molecule has 1 aliphatic rings. The van der Waals surface area contributed by atoms with Crippen molar-refractivity contribution >= 4 is 0 Å². The van der Waals surface area contributed by atoms with E-state index < -0.39 is 6.17 Å². The summed E-state index contributed by atoms with van der Waals surface area (Å²) in [4.78, 5) is 2.38. The molecule has 0 saturated carbocycles. The number of nitrogens with zero attached hydrogens (tertiary/aromatic N) is 1. The fraction of sp³-hybridized carbons (Fsp3) is 1.00. The van der Waals surface area contributed by atoms with Crippen LogP contribution in [0.3, 0.4) is 0 Å². The predicted molar refractivity (Wildman–Crippen MR) is 56.0 cm³/mol. The van der Waals surface area contributed by atoms with E-state index in [1.807, 2.05) is 0 Å². The largest absolute Gasteiger partial charge is 0.393 e. The average Bonchev–Trinajstić information content (AvgIpc) is 2.15. The quantitative estimate of drug-likeness (QED) is 0.740. The minimum atomic E-state index is -1.02. The molecule has 1 fully saturated rings. The minimum Gasteiger partial charge on any atom is -0.393 e. The number of aliphatic hydroxyl groups excluding tert-OH is 1. The van der Waals surface area contributed by atoms with Gasteiger partial charge in [0.2, 0.25) is 0 Å². The van der Waals surface area contributed by atoms with Gasteiger partial charge in [-0.3, -0.25) is 4.90 Å². The van der Waals surface area contributed by atoms with E-state index in [0.717, 1.165) is 25.9 Å². The van der Waals surface area contributed by atoms with Crippen molar-refractivity contribution in [1.29, 1.82) is 0 Å². The van der Waals surface area contributed by atoms with Gasteiger partial charge in [-0.25, -0.2) is 4.39 Å². The van der Waals surface area contributed by atoms with Gasteiger partial charge in [-0.2, -0.15) is 0 Å². The smallest absolute Gasteiger partial charge is 0.126 e. The van der Waals surface area contributed by atoms with Crippen LogP contribution in [0, 0.1) is 5.92 Å². The molecule has 1 aliphatic heterocycles. The van der Waals surface area contributed by atoms with Crippen LogP contribution in [-0.2, 0) is 0 Å². The Balaban J connectivity index is 2.39. The van der Waals surface area contributed by atoms with Crippen molar-refractivity contribution in [2.75, 3.05) is 19.7 Å².